The first-order valence-electron chi connectivity index (χ1n) is 10.3. The van der Waals surface area contributed by atoms with Crippen molar-refractivity contribution in [1.29, 1.82) is 0 Å². The number of carbonyl (C=O) groups excluding carboxylic acids is 2. The van der Waals surface area contributed by atoms with Crippen LogP contribution in [0.15, 0.2) is 88.7 Å². The predicted octanol–water partition coefficient (Wildman–Crippen LogP) is 5.55. The van der Waals surface area contributed by atoms with Crippen molar-refractivity contribution < 1.29 is 14.0 Å². The maximum Gasteiger partial charge on any atom is 0.275 e. The average molecular weight is 435 g/mol. The van der Waals surface area contributed by atoms with E-state index in [1.54, 1.807) is 29.2 Å². The van der Waals surface area contributed by atoms with Crippen molar-refractivity contribution in [3.63, 3.8) is 0 Å². The minimum absolute atomic E-state index is 0.200. The number of nitrogens with one attached hydrogen (secondary N) is 1. The highest BCUT2D eigenvalue weighted by atomic mass is 35.5. The minimum atomic E-state index is -0.603. The number of anilines is 1. The van der Waals surface area contributed by atoms with Crippen LogP contribution in [0.1, 0.15) is 41.9 Å². The van der Waals surface area contributed by atoms with E-state index in [0.717, 1.165) is 18.4 Å². The molecule has 0 bridgehead atoms. The van der Waals surface area contributed by atoms with Gasteiger partial charge in [0, 0.05) is 17.3 Å². The van der Waals surface area contributed by atoms with Crippen LogP contribution in [0.5, 0.6) is 0 Å². The lowest BCUT2D eigenvalue weighted by Gasteiger charge is -2.27. The van der Waals surface area contributed by atoms with Crippen molar-refractivity contribution in [2.24, 2.45) is 0 Å². The van der Waals surface area contributed by atoms with Gasteiger partial charge in [-0.05, 0) is 48.4 Å². The lowest BCUT2D eigenvalue weighted by atomic mass is 9.94. The molecule has 1 N–H and O–H groups in total. The molecule has 1 unspecified atom stereocenters. The van der Waals surface area contributed by atoms with Gasteiger partial charge in [-0.2, -0.15) is 0 Å². The summed E-state index contributed by atoms with van der Waals surface area (Å²) in [7, 11) is 0. The minimum Gasteiger partial charge on any atom is -0.461 e. The predicted molar refractivity (Wildman–Crippen MR) is 121 cm³/mol. The number of carbonyl (C=O) groups is 2. The molecule has 5 nitrogen and oxygen atoms in total. The Balaban J connectivity index is 1.88. The highest BCUT2D eigenvalue weighted by Gasteiger charge is 2.44. The standard InChI is InChI=1S/C25H23ClN2O3/c1-2-3-15-27-22-21(24(29)20-10-7-16-31-20)23(17-11-13-18(26)14-12-17)28(25(22)30)19-8-5-4-6-9-19/h4-14,16,23,27H,2-3,15H2,1H3. The molecule has 31 heavy (non-hydrogen) atoms. The number of furan rings is 1. The number of hydrogen-bond acceptors (Lipinski definition) is 4. The first-order valence-corrected chi connectivity index (χ1v) is 10.7. The van der Waals surface area contributed by atoms with E-state index in [9.17, 15) is 9.59 Å². The smallest absolute Gasteiger partial charge is 0.275 e. The van der Waals surface area contributed by atoms with Crippen LogP contribution in [0.2, 0.25) is 5.02 Å². The number of rotatable bonds is 8. The van der Waals surface area contributed by atoms with E-state index < -0.39 is 6.04 Å². The Bertz CT molecular complexity index is 1090. The van der Waals surface area contributed by atoms with Crippen LogP contribution < -0.4 is 10.2 Å². The van der Waals surface area contributed by atoms with Gasteiger partial charge in [-0.3, -0.25) is 14.5 Å². The van der Waals surface area contributed by atoms with Gasteiger partial charge in [0.2, 0.25) is 5.78 Å². The van der Waals surface area contributed by atoms with Crippen LogP contribution >= 0.6 is 11.6 Å². The van der Waals surface area contributed by atoms with Crippen LogP contribution in [-0.2, 0) is 4.79 Å². The normalized spacial score (nSPS) is 16.1. The summed E-state index contributed by atoms with van der Waals surface area (Å²) in [5.74, 6) is -0.348. The van der Waals surface area contributed by atoms with Crippen LogP contribution in [0, 0.1) is 0 Å². The number of benzene rings is 2. The zero-order valence-corrected chi connectivity index (χ0v) is 17.9. The molecule has 1 aromatic heterocycles. The van der Waals surface area contributed by atoms with E-state index in [1.165, 1.54) is 6.26 Å². The topological polar surface area (TPSA) is 62.6 Å². The van der Waals surface area contributed by atoms with Gasteiger partial charge < -0.3 is 9.73 Å². The molecule has 6 heteroatoms. The van der Waals surface area contributed by atoms with E-state index in [0.29, 0.717) is 28.5 Å². The van der Waals surface area contributed by atoms with Crippen molar-refractivity contribution >= 4 is 29.0 Å². The molecule has 1 aliphatic heterocycles. The van der Waals surface area contributed by atoms with Gasteiger partial charge in [-0.25, -0.2) is 0 Å². The third-order valence-electron chi connectivity index (χ3n) is 5.28. The number of nitrogens with zero attached hydrogens (tertiary/aromatic N) is 1. The molecule has 0 aliphatic carbocycles. The fourth-order valence-corrected chi connectivity index (χ4v) is 3.90. The van der Waals surface area contributed by atoms with Gasteiger partial charge in [0.15, 0.2) is 5.76 Å². The van der Waals surface area contributed by atoms with Crippen LogP contribution in [-0.4, -0.2) is 18.2 Å². The van der Waals surface area contributed by atoms with Crippen molar-refractivity contribution in [3.8, 4) is 0 Å². The second-order valence-corrected chi connectivity index (χ2v) is 7.78. The SMILES string of the molecule is CCCCNC1=C(C(=O)c2ccco2)C(c2ccc(Cl)cc2)N(c2ccccc2)C1=O. The van der Waals surface area contributed by atoms with Gasteiger partial charge in [-0.15, -0.1) is 0 Å². The third-order valence-corrected chi connectivity index (χ3v) is 5.53. The van der Waals surface area contributed by atoms with Crippen molar-refractivity contribution in [2.45, 2.75) is 25.8 Å². The molecule has 4 rings (SSSR count). The van der Waals surface area contributed by atoms with E-state index in [4.69, 9.17) is 16.0 Å². The molecule has 0 fully saturated rings. The summed E-state index contributed by atoms with van der Waals surface area (Å²) < 4.78 is 5.40. The highest BCUT2D eigenvalue weighted by molar-refractivity contribution is 6.30. The van der Waals surface area contributed by atoms with E-state index in [-0.39, 0.29) is 17.5 Å². The van der Waals surface area contributed by atoms with Gasteiger partial charge in [0.25, 0.3) is 5.91 Å². The molecular formula is C25H23ClN2O3. The maximum atomic E-state index is 13.6. The second kappa shape index (κ2) is 9.23. The third kappa shape index (κ3) is 4.14. The van der Waals surface area contributed by atoms with Crippen molar-refractivity contribution in [2.75, 3.05) is 11.4 Å². The Hall–Kier alpha value is -3.31. The van der Waals surface area contributed by atoms with Gasteiger partial charge in [-0.1, -0.05) is 55.3 Å². The Labute approximate surface area is 186 Å². The summed E-state index contributed by atoms with van der Waals surface area (Å²) in [6.07, 6.45) is 3.32. The molecule has 1 amide bonds. The Morgan fingerprint density at radius 2 is 1.81 bits per heavy atom. The first kappa shape index (κ1) is 20.9. The summed E-state index contributed by atoms with van der Waals surface area (Å²) in [6.45, 7) is 2.68. The molecule has 0 saturated carbocycles. The molecule has 1 atom stereocenters. The van der Waals surface area contributed by atoms with E-state index in [2.05, 4.69) is 12.2 Å². The number of ketones is 1. The number of amides is 1. The van der Waals surface area contributed by atoms with Crippen molar-refractivity contribution in [1.82, 2.24) is 5.32 Å². The Kier molecular flexibility index (Phi) is 6.23. The summed E-state index contributed by atoms with van der Waals surface area (Å²) in [5, 5.41) is 3.82. The first-order chi connectivity index (χ1) is 15.1. The monoisotopic (exact) mass is 434 g/mol. The molecule has 2 aromatic carbocycles. The fraction of sp³-hybridized carbons (Fsp3) is 0.200. The van der Waals surface area contributed by atoms with Crippen molar-refractivity contribution in [3.05, 3.63) is 101 Å². The molecule has 0 saturated heterocycles. The highest BCUT2D eigenvalue weighted by Crippen LogP contribution is 2.42. The lowest BCUT2D eigenvalue weighted by molar-refractivity contribution is -0.115. The molecule has 3 aromatic rings. The largest absolute Gasteiger partial charge is 0.461 e. The summed E-state index contributed by atoms with van der Waals surface area (Å²) in [6, 6.07) is 19.3. The molecule has 0 radical (unpaired) electrons. The van der Waals surface area contributed by atoms with Gasteiger partial charge >= 0.3 is 0 Å². The fourth-order valence-electron chi connectivity index (χ4n) is 3.77. The molecule has 1 aliphatic rings. The quantitative estimate of drug-likeness (QED) is 0.373. The van der Waals surface area contributed by atoms with E-state index in [1.807, 2.05) is 42.5 Å². The maximum absolute atomic E-state index is 13.6. The second-order valence-electron chi connectivity index (χ2n) is 7.34. The molecular weight excluding hydrogens is 412 g/mol. The van der Waals surface area contributed by atoms with Gasteiger partial charge in [0.05, 0.1) is 17.9 Å². The average Bonchev–Trinajstić information content (AvgIpc) is 3.42. The Morgan fingerprint density at radius 1 is 1.06 bits per heavy atom. The van der Waals surface area contributed by atoms with Crippen LogP contribution in [0.25, 0.3) is 0 Å². The Morgan fingerprint density at radius 3 is 2.45 bits per heavy atom. The van der Waals surface area contributed by atoms with Crippen LogP contribution in [0.4, 0.5) is 5.69 Å². The zero-order chi connectivity index (χ0) is 21.8. The number of Topliss-reactive ketones (excluding diaryl/α,β-unsaturated/α-hetero) is 1. The molecule has 0 spiro atoms. The number of hydrogen-bond donors (Lipinski definition) is 1. The zero-order valence-electron chi connectivity index (χ0n) is 17.2. The summed E-state index contributed by atoms with van der Waals surface area (Å²) in [5.41, 5.74) is 2.20. The summed E-state index contributed by atoms with van der Waals surface area (Å²) >= 11 is 6.11. The molecule has 2 heterocycles. The lowest BCUT2D eigenvalue weighted by Crippen LogP contribution is -2.33. The number of halogens is 1. The number of unbranched alkanes of at least 4 members (excludes halogenated alkanes) is 1. The van der Waals surface area contributed by atoms with Crippen LogP contribution in [0.3, 0.4) is 0 Å². The summed E-state index contributed by atoms with van der Waals surface area (Å²) in [4.78, 5) is 28.8. The van der Waals surface area contributed by atoms with E-state index >= 15 is 0 Å². The number of para-hydroxylation sites is 1. The van der Waals surface area contributed by atoms with Gasteiger partial charge in [0.1, 0.15) is 5.70 Å². The molecule has 158 valence electrons.